The van der Waals surface area contributed by atoms with E-state index in [-0.39, 0.29) is 10.8 Å². The van der Waals surface area contributed by atoms with Gasteiger partial charge in [-0.1, -0.05) is 0 Å². The summed E-state index contributed by atoms with van der Waals surface area (Å²) in [6.45, 7) is 3.61. The van der Waals surface area contributed by atoms with Gasteiger partial charge in [-0.25, -0.2) is 0 Å². The number of halogens is 2. The maximum absolute atomic E-state index is 12.3. The molecule has 3 rings (SSSR count). The highest BCUT2D eigenvalue weighted by molar-refractivity contribution is 9.10. The fraction of sp³-hybridized carbons (Fsp3) is 0.400. The highest BCUT2D eigenvalue weighted by Gasteiger charge is 2.20. The Bertz CT molecular complexity index is 705. The molecule has 0 radical (unpaired) electrons. The van der Waals surface area contributed by atoms with Crippen LogP contribution in [0.15, 0.2) is 31.9 Å². The Morgan fingerprint density at radius 2 is 2.00 bits per heavy atom. The highest BCUT2D eigenvalue weighted by atomic mass is 79.9. The predicted molar refractivity (Wildman–Crippen MR) is 86.0 cm³/mol. The van der Waals surface area contributed by atoms with Gasteiger partial charge in [-0.2, -0.15) is 0 Å². The van der Waals surface area contributed by atoms with E-state index in [0.29, 0.717) is 16.9 Å². The highest BCUT2D eigenvalue weighted by Crippen LogP contribution is 2.29. The van der Waals surface area contributed by atoms with E-state index in [1.165, 1.54) is 0 Å². The molecule has 3 nitrogen and oxygen atoms in total. The van der Waals surface area contributed by atoms with E-state index in [1.54, 1.807) is 6.07 Å². The van der Waals surface area contributed by atoms with E-state index < -0.39 is 0 Å². The topological polar surface area (TPSA) is 33.5 Å². The lowest BCUT2D eigenvalue weighted by Gasteiger charge is -2.29. The minimum absolute atomic E-state index is 0.00125. The van der Waals surface area contributed by atoms with Gasteiger partial charge in [0, 0.05) is 24.5 Å². The Morgan fingerprint density at radius 1 is 1.30 bits per heavy atom. The van der Waals surface area contributed by atoms with Gasteiger partial charge in [0.25, 0.3) is 0 Å². The molecule has 0 amide bonds. The minimum atomic E-state index is -0.00125. The van der Waals surface area contributed by atoms with Crippen molar-refractivity contribution in [1.29, 1.82) is 0 Å². The van der Waals surface area contributed by atoms with Crippen molar-refractivity contribution in [3.63, 3.8) is 0 Å². The third kappa shape index (κ3) is 2.59. The van der Waals surface area contributed by atoms with Crippen LogP contribution >= 0.6 is 27.5 Å². The van der Waals surface area contributed by atoms with Gasteiger partial charge in [-0.15, -0.1) is 11.6 Å². The first-order valence-electron chi connectivity index (χ1n) is 6.67. The van der Waals surface area contributed by atoms with Crippen LogP contribution in [0.3, 0.4) is 0 Å². The molecule has 0 spiro atoms. The number of aryl methyl sites for hydroxylation is 1. The first-order valence-corrected chi connectivity index (χ1v) is 7.90. The van der Waals surface area contributed by atoms with Crippen LogP contribution < -0.4 is 10.3 Å². The van der Waals surface area contributed by atoms with Crippen molar-refractivity contribution in [2.24, 2.45) is 0 Å². The molecular formula is C15H15BrClNO2. The molecule has 2 aromatic rings. The lowest BCUT2D eigenvalue weighted by Crippen LogP contribution is -2.34. The number of hydrogen-bond acceptors (Lipinski definition) is 3. The van der Waals surface area contributed by atoms with Gasteiger partial charge < -0.3 is 9.32 Å². The molecule has 0 N–H and O–H groups in total. The molecule has 0 bridgehead atoms. The van der Waals surface area contributed by atoms with Crippen LogP contribution in [0.25, 0.3) is 11.0 Å². The van der Waals surface area contributed by atoms with Crippen molar-refractivity contribution in [3.8, 4) is 0 Å². The van der Waals surface area contributed by atoms with Crippen molar-refractivity contribution >= 4 is 44.4 Å². The first-order chi connectivity index (χ1) is 9.54. The molecule has 1 saturated heterocycles. The summed E-state index contributed by atoms with van der Waals surface area (Å²) in [7, 11) is 0. The maximum atomic E-state index is 12.3. The van der Waals surface area contributed by atoms with Crippen molar-refractivity contribution in [2.75, 3.05) is 18.0 Å². The van der Waals surface area contributed by atoms with Crippen molar-refractivity contribution in [1.82, 2.24) is 0 Å². The molecule has 2 heterocycles. The zero-order chi connectivity index (χ0) is 14.3. The Morgan fingerprint density at radius 3 is 2.70 bits per heavy atom. The molecular weight excluding hydrogens is 342 g/mol. The summed E-state index contributed by atoms with van der Waals surface area (Å²) in [6.07, 6.45) is 1.83. The zero-order valence-corrected chi connectivity index (χ0v) is 13.5. The minimum Gasteiger partial charge on any atom is -0.439 e. The lowest BCUT2D eigenvalue weighted by atomic mass is 10.1. The summed E-state index contributed by atoms with van der Waals surface area (Å²) in [4.78, 5) is 14.4. The fourth-order valence-corrected chi connectivity index (χ4v) is 3.41. The average Bonchev–Trinajstić information content (AvgIpc) is 2.40. The second-order valence-corrected chi connectivity index (χ2v) is 6.71. The maximum Gasteiger partial charge on any atom is 0.200 e. The molecule has 1 aliphatic heterocycles. The number of anilines is 1. The second kappa shape index (κ2) is 5.41. The second-order valence-electron chi connectivity index (χ2n) is 5.23. The Labute approximate surface area is 130 Å². The number of rotatable bonds is 1. The predicted octanol–water partition coefficient (Wildman–Crippen LogP) is 4.07. The monoisotopic (exact) mass is 355 g/mol. The van der Waals surface area contributed by atoms with E-state index in [1.807, 2.05) is 19.1 Å². The molecule has 5 heteroatoms. The molecule has 0 aliphatic carbocycles. The quantitative estimate of drug-likeness (QED) is 0.722. The van der Waals surface area contributed by atoms with Crippen LogP contribution in [0.4, 0.5) is 5.88 Å². The van der Waals surface area contributed by atoms with Crippen LogP contribution in [0, 0.1) is 6.92 Å². The van der Waals surface area contributed by atoms with Crippen molar-refractivity contribution in [3.05, 3.63) is 38.5 Å². The van der Waals surface area contributed by atoms with E-state index in [9.17, 15) is 4.79 Å². The van der Waals surface area contributed by atoms with Crippen LogP contribution in [-0.4, -0.2) is 18.5 Å². The van der Waals surface area contributed by atoms with E-state index in [2.05, 4.69) is 20.8 Å². The fourth-order valence-electron chi connectivity index (χ4n) is 2.56. The summed E-state index contributed by atoms with van der Waals surface area (Å²) < 4.78 is 6.76. The van der Waals surface area contributed by atoms with Gasteiger partial charge in [0.05, 0.1) is 9.86 Å². The molecule has 0 saturated carbocycles. The zero-order valence-electron chi connectivity index (χ0n) is 11.2. The lowest BCUT2D eigenvalue weighted by molar-refractivity contribution is 0.515. The SMILES string of the molecule is Cc1cc(Br)c2oc(N3CCC(Cl)CC3)cc(=O)c2c1. The van der Waals surface area contributed by atoms with E-state index >= 15 is 0 Å². The smallest absolute Gasteiger partial charge is 0.200 e. The number of hydrogen-bond donors (Lipinski definition) is 0. The molecule has 1 aliphatic rings. The average molecular weight is 357 g/mol. The van der Waals surface area contributed by atoms with Gasteiger partial charge >= 0.3 is 0 Å². The van der Waals surface area contributed by atoms with E-state index in [0.717, 1.165) is 36.0 Å². The molecule has 1 fully saturated rings. The third-order valence-electron chi connectivity index (χ3n) is 3.65. The van der Waals surface area contributed by atoms with Gasteiger partial charge in [0.2, 0.25) is 0 Å². The first kappa shape index (κ1) is 14.0. The molecule has 0 unspecified atom stereocenters. The summed E-state index contributed by atoms with van der Waals surface area (Å²) in [5, 5.41) is 0.848. The van der Waals surface area contributed by atoms with Gasteiger partial charge in [0.1, 0.15) is 0 Å². The number of benzene rings is 1. The van der Waals surface area contributed by atoms with Crippen LogP contribution in [0.1, 0.15) is 18.4 Å². The Kier molecular flexibility index (Phi) is 3.78. The number of nitrogens with zero attached hydrogens (tertiary/aromatic N) is 1. The van der Waals surface area contributed by atoms with Crippen LogP contribution in [0.5, 0.6) is 0 Å². The molecule has 1 aromatic heterocycles. The van der Waals surface area contributed by atoms with E-state index in [4.69, 9.17) is 16.0 Å². The summed E-state index contributed by atoms with van der Waals surface area (Å²) >= 11 is 9.59. The molecule has 20 heavy (non-hydrogen) atoms. The third-order valence-corrected chi connectivity index (χ3v) is 4.68. The largest absolute Gasteiger partial charge is 0.439 e. The van der Waals surface area contributed by atoms with Gasteiger partial charge in [0.15, 0.2) is 16.9 Å². The van der Waals surface area contributed by atoms with Crippen LogP contribution in [0.2, 0.25) is 0 Å². The molecule has 1 aromatic carbocycles. The summed E-state index contributed by atoms with van der Waals surface area (Å²) in [6, 6.07) is 5.41. The van der Waals surface area contributed by atoms with Gasteiger partial charge in [-0.05, 0) is 53.4 Å². The normalized spacial score (nSPS) is 16.9. The number of fused-ring (bicyclic) bond motifs is 1. The number of alkyl halides is 1. The summed E-state index contributed by atoms with van der Waals surface area (Å²) in [5.74, 6) is 0.635. The molecule has 106 valence electrons. The number of piperidine rings is 1. The Hall–Kier alpha value is -1.00. The van der Waals surface area contributed by atoms with Crippen LogP contribution in [-0.2, 0) is 0 Å². The standard InChI is InChI=1S/C15H15BrClNO2/c1-9-6-11-13(19)8-14(20-15(11)12(16)7-9)18-4-2-10(17)3-5-18/h6-8,10H,2-5H2,1H3. The molecule has 0 atom stereocenters. The summed E-state index contributed by atoms with van der Waals surface area (Å²) in [5.41, 5.74) is 1.65. The Balaban J connectivity index is 2.08. The van der Waals surface area contributed by atoms with Crippen molar-refractivity contribution in [2.45, 2.75) is 25.1 Å². The van der Waals surface area contributed by atoms with Gasteiger partial charge in [-0.3, -0.25) is 4.79 Å². The van der Waals surface area contributed by atoms with Crippen molar-refractivity contribution < 1.29 is 4.42 Å².